The summed E-state index contributed by atoms with van der Waals surface area (Å²) in [7, 11) is 2.00. The molecule has 1 aliphatic heterocycles. The van der Waals surface area contributed by atoms with Crippen molar-refractivity contribution in [1.29, 1.82) is 0 Å². The second-order valence-electron chi connectivity index (χ2n) is 9.17. The van der Waals surface area contributed by atoms with Crippen LogP contribution >= 0.6 is 0 Å². The molecule has 0 aliphatic carbocycles. The van der Waals surface area contributed by atoms with Crippen LogP contribution in [0.5, 0.6) is 11.5 Å². The standard InChI is InChI=1S/C22H34BFO5/c1-20(2,3)27-14-13-16(15-11-10-12-17(25-8)18(15)26-9)19(24)23-28-21(4,5)22(6,7)29-23/h10-12H,13-14H2,1-9H3. The molecular weight excluding hydrogens is 374 g/mol. The molecule has 0 radical (unpaired) electrons. The summed E-state index contributed by atoms with van der Waals surface area (Å²) in [5.74, 6) is 0.994. The van der Waals surface area contributed by atoms with E-state index in [1.165, 1.54) is 7.11 Å². The summed E-state index contributed by atoms with van der Waals surface area (Å²) in [6.45, 7) is 13.8. The van der Waals surface area contributed by atoms with Crippen LogP contribution in [0.2, 0.25) is 0 Å². The molecule has 0 saturated carbocycles. The van der Waals surface area contributed by atoms with Gasteiger partial charge in [0.1, 0.15) is 5.73 Å². The molecule has 7 heteroatoms. The van der Waals surface area contributed by atoms with Crippen molar-refractivity contribution in [1.82, 2.24) is 0 Å². The Morgan fingerprint density at radius 2 is 1.62 bits per heavy atom. The zero-order valence-corrected chi connectivity index (χ0v) is 19.1. The molecular formula is C22H34BFO5. The Labute approximate surface area is 174 Å². The van der Waals surface area contributed by atoms with Gasteiger partial charge in [-0.1, -0.05) is 12.1 Å². The largest absolute Gasteiger partial charge is 0.525 e. The van der Waals surface area contributed by atoms with Crippen molar-refractivity contribution in [3.63, 3.8) is 0 Å². The van der Waals surface area contributed by atoms with Crippen molar-refractivity contribution in [2.24, 2.45) is 0 Å². The number of benzene rings is 1. The van der Waals surface area contributed by atoms with E-state index < -0.39 is 24.0 Å². The van der Waals surface area contributed by atoms with Crippen molar-refractivity contribution >= 4 is 12.7 Å². The lowest BCUT2D eigenvalue weighted by Gasteiger charge is -2.32. The van der Waals surface area contributed by atoms with Crippen molar-refractivity contribution in [2.45, 2.75) is 71.7 Å². The first kappa shape index (κ1) is 23.7. The monoisotopic (exact) mass is 408 g/mol. The second-order valence-corrected chi connectivity index (χ2v) is 9.17. The van der Waals surface area contributed by atoms with Crippen LogP contribution in [0.25, 0.3) is 5.57 Å². The first-order valence-electron chi connectivity index (χ1n) is 9.92. The van der Waals surface area contributed by atoms with E-state index in [4.69, 9.17) is 23.5 Å². The lowest BCUT2D eigenvalue weighted by Crippen LogP contribution is -2.41. The van der Waals surface area contributed by atoms with Gasteiger partial charge in [0, 0.05) is 5.56 Å². The summed E-state index contributed by atoms with van der Waals surface area (Å²) in [5.41, 5.74) is -1.07. The highest BCUT2D eigenvalue weighted by molar-refractivity contribution is 6.55. The van der Waals surface area contributed by atoms with Crippen molar-refractivity contribution in [3.05, 3.63) is 29.5 Å². The first-order chi connectivity index (χ1) is 13.3. The van der Waals surface area contributed by atoms with Gasteiger partial charge in [0.2, 0.25) is 0 Å². The normalized spacial score (nSPS) is 19.2. The Hall–Kier alpha value is -1.57. The van der Waals surface area contributed by atoms with E-state index >= 15 is 4.39 Å². The highest BCUT2D eigenvalue weighted by Gasteiger charge is 2.53. The highest BCUT2D eigenvalue weighted by atomic mass is 19.1. The fourth-order valence-corrected chi connectivity index (χ4v) is 3.06. The third-order valence-corrected chi connectivity index (χ3v) is 5.36. The molecule has 5 nitrogen and oxygen atoms in total. The van der Waals surface area contributed by atoms with Gasteiger partial charge in [-0.25, -0.2) is 4.39 Å². The van der Waals surface area contributed by atoms with E-state index in [0.717, 1.165) is 0 Å². The predicted molar refractivity (Wildman–Crippen MR) is 114 cm³/mol. The van der Waals surface area contributed by atoms with Gasteiger partial charge in [0.05, 0.1) is 37.6 Å². The average Bonchev–Trinajstić information content (AvgIpc) is 2.84. The molecule has 1 heterocycles. The van der Waals surface area contributed by atoms with Crippen LogP contribution in [0.4, 0.5) is 4.39 Å². The fourth-order valence-electron chi connectivity index (χ4n) is 3.06. The van der Waals surface area contributed by atoms with Gasteiger partial charge >= 0.3 is 7.12 Å². The summed E-state index contributed by atoms with van der Waals surface area (Å²) < 4.78 is 44.5. The molecule has 2 rings (SSSR count). The maximum Gasteiger partial charge on any atom is 0.525 e. The zero-order valence-electron chi connectivity index (χ0n) is 19.1. The van der Waals surface area contributed by atoms with Crippen molar-refractivity contribution in [2.75, 3.05) is 20.8 Å². The predicted octanol–water partition coefficient (Wildman–Crippen LogP) is 5.22. The van der Waals surface area contributed by atoms with Crippen LogP contribution in [0.3, 0.4) is 0 Å². The van der Waals surface area contributed by atoms with Crippen molar-refractivity contribution < 1.29 is 27.9 Å². The third-order valence-electron chi connectivity index (χ3n) is 5.36. The SMILES string of the molecule is COc1cccc(C(CCOC(C)(C)C)=C(F)B2OC(C)(C)C(C)(C)O2)c1OC. The maximum absolute atomic E-state index is 15.8. The number of ether oxygens (including phenoxy) is 3. The van der Waals surface area contributed by atoms with Crippen LogP contribution < -0.4 is 9.47 Å². The minimum absolute atomic E-state index is 0.329. The quantitative estimate of drug-likeness (QED) is 0.579. The Balaban J connectivity index is 2.50. The topological polar surface area (TPSA) is 46.2 Å². The first-order valence-corrected chi connectivity index (χ1v) is 9.92. The summed E-state index contributed by atoms with van der Waals surface area (Å²) in [5, 5.41) is 0. The van der Waals surface area contributed by atoms with Gasteiger partial charge in [-0.2, -0.15) is 0 Å². The lowest BCUT2D eigenvalue weighted by molar-refractivity contribution is 0.000555. The number of hydrogen-bond acceptors (Lipinski definition) is 5. The Bertz CT molecular complexity index is 736. The summed E-state index contributed by atoms with van der Waals surface area (Å²) in [6.07, 6.45) is 0.330. The number of para-hydroxylation sites is 1. The smallest absolute Gasteiger partial charge is 0.493 e. The van der Waals surface area contributed by atoms with Crippen LogP contribution in [-0.2, 0) is 14.0 Å². The molecule has 29 heavy (non-hydrogen) atoms. The molecule has 1 aromatic rings. The molecule has 1 fully saturated rings. The Kier molecular flexibility index (Phi) is 7.08. The number of rotatable bonds is 7. The van der Waals surface area contributed by atoms with Crippen LogP contribution in [0.1, 0.15) is 60.5 Å². The van der Waals surface area contributed by atoms with Crippen LogP contribution in [0.15, 0.2) is 23.9 Å². The molecule has 0 N–H and O–H groups in total. The van der Waals surface area contributed by atoms with Gasteiger partial charge in [-0.3, -0.25) is 0 Å². The minimum atomic E-state index is -1.10. The fraction of sp³-hybridized carbons (Fsp3) is 0.636. The zero-order chi connectivity index (χ0) is 22.0. The molecule has 1 saturated heterocycles. The molecule has 0 unspecified atom stereocenters. The van der Waals surface area contributed by atoms with Crippen molar-refractivity contribution in [3.8, 4) is 11.5 Å². The Morgan fingerprint density at radius 1 is 1.03 bits per heavy atom. The van der Waals surface area contributed by atoms with E-state index in [9.17, 15) is 0 Å². The molecule has 162 valence electrons. The number of methoxy groups -OCH3 is 2. The van der Waals surface area contributed by atoms with Gasteiger partial charge in [0.25, 0.3) is 0 Å². The number of halogens is 1. The Morgan fingerprint density at radius 3 is 2.10 bits per heavy atom. The summed E-state index contributed by atoms with van der Waals surface area (Å²) >= 11 is 0. The van der Waals surface area contributed by atoms with E-state index in [0.29, 0.717) is 35.7 Å². The molecule has 0 atom stereocenters. The van der Waals surface area contributed by atoms with Crippen LogP contribution in [0, 0.1) is 0 Å². The average molecular weight is 408 g/mol. The number of hydrogen-bond donors (Lipinski definition) is 0. The molecule has 0 bridgehead atoms. The van der Waals surface area contributed by atoms with Gasteiger partial charge in [0.15, 0.2) is 11.5 Å². The van der Waals surface area contributed by atoms with E-state index in [2.05, 4.69) is 0 Å². The second kappa shape index (κ2) is 8.66. The van der Waals surface area contributed by atoms with Crippen LogP contribution in [-0.4, -0.2) is 44.7 Å². The highest BCUT2D eigenvalue weighted by Crippen LogP contribution is 2.43. The maximum atomic E-state index is 15.8. The molecule has 0 spiro atoms. The summed E-state index contributed by atoms with van der Waals surface area (Å²) in [4.78, 5) is 0. The van der Waals surface area contributed by atoms with E-state index in [1.807, 2.05) is 48.5 Å². The van der Waals surface area contributed by atoms with Gasteiger partial charge < -0.3 is 23.5 Å². The molecule has 1 aromatic carbocycles. The minimum Gasteiger partial charge on any atom is -0.493 e. The van der Waals surface area contributed by atoms with E-state index in [1.54, 1.807) is 25.3 Å². The van der Waals surface area contributed by atoms with Gasteiger partial charge in [-0.05, 0) is 66.5 Å². The third kappa shape index (κ3) is 5.33. The molecule has 0 aromatic heterocycles. The lowest BCUT2D eigenvalue weighted by atomic mass is 9.81. The van der Waals surface area contributed by atoms with Gasteiger partial charge in [-0.15, -0.1) is 0 Å². The molecule has 1 aliphatic rings. The molecule has 0 amide bonds. The summed E-state index contributed by atoms with van der Waals surface area (Å²) in [6, 6.07) is 5.38. The van der Waals surface area contributed by atoms with E-state index in [-0.39, 0.29) is 5.60 Å².